The van der Waals surface area contributed by atoms with Crippen molar-refractivity contribution in [2.75, 3.05) is 6.61 Å². The van der Waals surface area contributed by atoms with Crippen LogP contribution in [0.3, 0.4) is 0 Å². The summed E-state index contributed by atoms with van der Waals surface area (Å²) in [6.45, 7) is 0.637. The van der Waals surface area contributed by atoms with Crippen LogP contribution in [0.25, 0.3) is 11.1 Å². The van der Waals surface area contributed by atoms with Crippen molar-refractivity contribution >= 4 is 16.9 Å². The van der Waals surface area contributed by atoms with Gasteiger partial charge < -0.3 is 9.15 Å². The standard InChI is InChI=1S/C13H13NO4/c15-12(10-3-1-2-6-17-10)8-4-5-9-11(7-8)18-13(16)14-9/h4-5,7,10H,1-3,6H2,(H,14,16). The third-order valence-corrected chi connectivity index (χ3v) is 3.18. The van der Waals surface area contributed by atoms with Gasteiger partial charge in [-0.1, -0.05) is 0 Å². The molecule has 1 aromatic carbocycles. The number of aromatic amines is 1. The Kier molecular flexibility index (Phi) is 2.76. The number of hydrogen-bond donors (Lipinski definition) is 1. The number of carbonyl (C=O) groups excluding carboxylic acids is 1. The van der Waals surface area contributed by atoms with Crippen molar-refractivity contribution < 1.29 is 13.9 Å². The summed E-state index contributed by atoms with van der Waals surface area (Å²) in [5.74, 6) is -0.552. The summed E-state index contributed by atoms with van der Waals surface area (Å²) >= 11 is 0. The predicted molar refractivity (Wildman–Crippen MR) is 64.8 cm³/mol. The van der Waals surface area contributed by atoms with Crippen LogP contribution in [0.5, 0.6) is 0 Å². The van der Waals surface area contributed by atoms with Crippen LogP contribution in [-0.4, -0.2) is 23.5 Å². The number of fused-ring (bicyclic) bond motifs is 1. The van der Waals surface area contributed by atoms with Crippen molar-refractivity contribution in [3.8, 4) is 0 Å². The van der Waals surface area contributed by atoms with Gasteiger partial charge in [-0.25, -0.2) is 4.79 Å². The molecule has 5 heteroatoms. The molecule has 1 fully saturated rings. The minimum absolute atomic E-state index is 0.0413. The molecule has 0 radical (unpaired) electrons. The molecule has 0 aliphatic carbocycles. The topological polar surface area (TPSA) is 72.3 Å². The molecule has 0 bridgehead atoms. The summed E-state index contributed by atoms with van der Waals surface area (Å²) in [6.07, 6.45) is 2.42. The third-order valence-electron chi connectivity index (χ3n) is 3.18. The maximum absolute atomic E-state index is 12.2. The highest BCUT2D eigenvalue weighted by molar-refractivity contribution is 6.01. The Labute approximate surface area is 103 Å². The number of nitrogens with one attached hydrogen (secondary N) is 1. The first-order chi connectivity index (χ1) is 8.74. The monoisotopic (exact) mass is 247 g/mol. The van der Waals surface area contributed by atoms with Gasteiger partial charge in [-0.3, -0.25) is 9.78 Å². The Bertz CT molecular complexity index is 634. The average molecular weight is 247 g/mol. The molecule has 1 aromatic heterocycles. The van der Waals surface area contributed by atoms with Crippen LogP contribution in [0.2, 0.25) is 0 Å². The molecule has 0 spiro atoms. The average Bonchev–Trinajstić information content (AvgIpc) is 2.78. The molecule has 2 aromatic rings. The maximum Gasteiger partial charge on any atom is 0.417 e. The van der Waals surface area contributed by atoms with Crippen molar-refractivity contribution in [1.82, 2.24) is 4.98 Å². The lowest BCUT2D eigenvalue weighted by Gasteiger charge is -2.21. The Morgan fingerprint density at radius 1 is 1.33 bits per heavy atom. The molecule has 1 aliphatic heterocycles. The number of hydrogen-bond acceptors (Lipinski definition) is 4. The van der Waals surface area contributed by atoms with Crippen molar-refractivity contribution in [1.29, 1.82) is 0 Å². The molecule has 1 N–H and O–H groups in total. The van der Waals surface area contributed by atoms with Crippen LogP contribution in [-0.2, 0) is 4.74 Å². The molecule has 1 aliphatic rings. The molecule has 2 heterocycles. The highest BCUT2D eigenvalue weighted by atomic mass is 16.5. The van der Waals surface area contributed by atoms with E-state index >= 15 is 0 Å². The molecule has 0 amide bonds. The van der Waals surface area contributed by atoms with E-state index in [0.29, 0.717) is 23.3 Å². The molecule has 5 nitrogen and oxygen atoms in total. The van der Waals surface area contributed by atoms with Gasteiger partial charge in [0.05, 0.1) is 5.52 Å². The lowest BCUT2D eigenvalue weighted by molar-refractivity contribution is 0.0186. The predicted octanol–water partition coefficient (Wildman–Crippen LogP) is 1.87. The van der Waals surface area contributed by atoms with Crippen LogP contribution in [0.4, 0.5) is 0 Å². The first-order valence-electron chi connectivity index (χ1n) is 6.03. The SMILES string of the molecule is O=C(c1ccc2[nH]c(=O)oc2c1)C1CCCCO1. The molecule has 3 rings (SSSR count). The van der Waals surface area contributed by atoms with Crippen LogP contribution in [0.1, 0.15) is 29.6 Å². The lowest BCUT2D eigenvalue weighted by Crippen LogP contribution is -2.28. The van der Waals surface area contributed by atoms with Crippen molar-refractivity contribution in [2.45, 2.75) is 25.4 Å². The number of Topliss-reactive ketones (excluding diaryl/α,β-unsaturated/α-hetero) is 1. The van der Waals surface area contributed by atoms with Crippen molar-refractivity contribution in [2.24, 2.45) is 0 Å². The number of H-pyrrole nitrogens is 1. The number of ether oxygens (including phenoxy) is 1. The van der Waals surface area contributed by atoms with Gasteiger partial charge in [0.2, 0.25) is 0 Å². The normalized spacial score (nSPS) is 20.1. The van der Waals surface area contributed by atoms with Crippen molar-refractivity contribution in [3.05, 3.63) is 34.3 Å². The fourth-order valence-electron chi connectivity index (χ4n) is 2.23. The van der Waals surface area contributed by atoms with E-state index in [4.69, 9.17) is 9.15 Å². The minimum atomic E-state index is -0.511. The van der Waals surface area contributed by atoms with Crippen LogP contribution in [0, 0.1) is 0 Å². The first kappa shape index (κ1) is 11.2. The minimum Gasteiger partial charge on any atom is -0.408 e. The summed E-state index contributed by atoms with van der Waals surface area (Å²) in [5.41, 5.74) is 1.53. The highest BCUT2D eigenvalue weighted by Gasteiger charge is 2.23. The van der Waals surface area contributed by atoms with Gasteiger partial charge in [-0.05, 0) is 37.5 Å². The molecule has 1 unspecified atom stereocenters. The third kappa shape index (κ3) is 1.97. The lowest BCUT2D eigenvalue weighted by atomic mass is 10.00. The van der Waals surface area contributed by atoms with Crippen LogP contribution in [0.15, 0.2) is 27.4 Å². The van der Waals surface area contributed by atoms with Gasteiger partial charge in [0.25, 0.3) is 0 Å². The first-order valence-corrected chi connectivity index (χ1v) is 6.03. The Hall–Kier alpha value is -1.88. The summed E-state index contributed by atoms with van der Waals surface area (Å²) in [4.78, 5) is 25.8. The second-order valence-electron chi connectivity index (χ2n) is 4.44. The summed E-state index contributed by atoms with van der Waals surface area (Å²) in [5, 5.41) is 0. The molecule has 94 valence electrons. The van der Waals surface area contributed by atoms with E-state index in [9.17, 15) is 9.59 Å². The Morgan fingerprint density at radius 2 is 2.22 bits per heavy atom. The van der Waals surface area contributed by atoms with Crippen molar-refractivity contribution in [3.63, 3.8) is 0 Å². The molecular formula is C13H13NO4. The van der Waals surface area contributed by atoms with Gasteiger partial charge in [-0.2, -0.15) is 0 Å². The van der Waals surface area contributed by atoms with E-state index in [0.717, 1.165) is 19.3 Å². The van der Waals surface area contributed by atoms with Gasteiger partial charge in [0, 0.05) is 12.2 Å². The zero-order valence-electron chi connectivity index (χ0n) is 9.77. The molecule has 1 atom stereocenters. The summed E-state index contributed by atoms with van der Waals surface area (Å²) in [7, 11) is 0. The zero-order chi connectivity index (χ0) is 12.5. The molecule has 1 saturated heterocycles. The van der Waals surface area contributed by atoms with E-state index < -0.39 is 5.76 Å². The maximum atomic E-state index is 12.2. The number of aromatic nitrogens is 1. The van der Waals surface area contributed by atoms with Crippen LogP contribution < -0.4 is 5.76 Å². The fourth-order valence-corrected chi connectivity index (χ4v) is 2.23. The Morgan fingerprint density at radius 3 is 3.00 bits per heavy atom. The number of rotatable bonds is 2. The van der Waals surface area contributed by atoms with E-state index in [2.05, 4.69) is 4.98 Å². The second kappa shape index (κ2) is 4.42. The van der Waals surface area contributed by atoms with Gasteiger partial charge in [0.15, 0.2) is 11.4 Å². The van der Waals surface area contributed by atoms with E-state index in [1.165, 1.54) is 0 Å². The van der Waals surface area contributed by atoms with Gasteiger partial charge in [-0.15, -0.1) is 0 Å². The highest BCUT2D eigenvalue weighted by Crippen LogP contribution is 2.19. The fraction of sp³-hybridized carbons (Fsp3) is 0.385. The number of benzene rings is 1. The quantitative estimate of drug-likeness (QED) is 0.822. The largest absolute Gasteiger partial charge is 0.417 e. The summed E-state index contributed by atoms with van der Waals surface area (Å²) < 4.78 is 10.4. The van der Waals surface area contributed by atoms with E-state index in [1.807, 2.05) is 0 Å². The Balaban J connectivity index is 1.92. The van der Waals surface area contributed by atoms with Gasteiger partial charge in [0.1, 0.15) is 6.10 Å². The zero-order valence-corrected chi connectivity index (χ0v) is 9.77. The molecule has 18 heavy (non-hydrogen) atoms. The second-order valence-corrected chi connectivity index (χ2v) is 4.44. The molecule has 0 saturated carbocycles. The van der Waals surface area contributed by atoms with Gasteiger partial charge >= 0.3 is 5.76 Å². The molecular weight excluding hydrogens is 234 g/mol. The smallest absolute Gasteiger partial charge is 0.408 e. The van der Waals surface area contributed by atoms with E-state index in [-0.39, 0.29) is 11.9 Å². The van der Waals surface area contributed by atoms with E-state index in [1.54, 1.807) is 18.2 Å². The summed E-state index contributed by atoms with van der Waals surface area (Å²) in [6, 6.07) is 4.96. The number of ketones is 1. The number of oxazole rings is 1. The van der Waals surface area contributed by atoms with Crippen LogP contribution >= 0.6 is 0 Å². The number of carbonyl (C=O) groups is 1.